The lowest BCUT2D eigenvalue weighted by Gasteiger charge is -2.32. The van der Waals surface area contributed by atoms with Crippen molar-refractivity contribution in [3.63, 3.8) is 0 Å². The second-order valence-corrected chi connectivity index (χ2v) is 6.22. The van der Waals surface area contributed by atoms with Crippen LogP contribution in [-0.4, -0.2) is 57.4 Å². The number of piperidine rings is 1. The molecule has 4 nitrogen and oxygen atoms in total. The fourth-order valence-corrected chi connectivity index (χ4v) is 2.73. The highest BCUT2D eigenvalue weighted by molar-refractivity contribution is 5.51. The third kappa shape index (κ3) is 3.47. The molecular weight excluding hydrogens is 271 g/mol. The maximum atomic E-state index is 14.3. The molecule has 0 N–H and O–H groups in total. The van der Waals surface area contributed by atoms with Crippen molar-refractivity contribution in [2.24, 2.45) is 0 Å². The Kier molecular flexibility index (Phi) is 4.04. The average Bonchev–Trinajstić information content (AvgIpc) is 3.20. The van der Waals surface area contributed by atoms with E-state index in [0.29, 0.717) is 18.0 Å². The van der Waals surface area contributed by atoms with Gasteiger partial charge in [-0.1, -0.05) is 0 Å². The molecule has 1 aromatic carbocycles. The topological polar surface area (TPSA) is 28.2 Å². The van der Waals surface area contributed by atoms with Crippen LogP contribution in [0.2, 0.25) is 0 Å². The summed E-state index contributed by atoms with van der Waals surface area (Å²) in [5.41, 5.74) is 0.799. The quantitative estimate of drug-likeness (QED) is 0.778. The number of hydrogen-bond acceptors (Lipinski definition) is 4. The normalized spacial score (nSPS) is 20.1. The van der Waals surface area contributed by atoms with Crippen LogP contribution in [0.25, 0.3) is 0 Å². The molecule has 0 radical (unpaired) electrons. The molecule has 0 atom stereocenters. The fraction of sp³-hybridized carbons (Fsp3) is 0.625. The van der Waals surface area contributed by atoms with E-state index in [0.717, 1.165) is 39.1 Å². The summed E-state index contributed by atoms with van der Waals surface area (Å²) in [7, 11) is 3.97. The summed E-state index contributed by atoms with van der Waals surface area (Å²) >= 11 is 0. The number of ether oxygens (including phenoxy) is 2. The van der Waals surface area contributed by atoms with Crippen LogP contribution in [0.15, 0.2) is 18.2 Å². The lowest BCUT2D eigenvalue weighted by Crippen LogP contribution is -2.38. The molecule has 21 heavy (non-hydrogen) atoms. The molecule has 3 rings (SSSR count). The van der Waals surface area contributed by atoms with Crippen LogP contribution in [0.4, 0.5) is 10.1 Å². The molecule has 2 saturated heterocycles. The number of hydrogen-bond donors (Lipinski definition) is 0. The molecule has 116 valence electrons. The molecule has 1 spiro atoms. The molecule has 0 aliphatic carbocycles. The van der Waals surface area contributed by atoms with Crippen molar-refractivity contribution in [3.8, 4) is 5.75 Å². The van der Waals surface area contributed by atoms with Crippen molar-refractivity contribution in [1.29, 1.82) is 0 Å². The number of benzene rings is 1. The minimum Gasteiger partial charge on any atom is -0.492 e. The first-order valence-electron chi connectivity index (χ1n) is 7.54. The van der Waals surface area contributed by atoms with Crippen LogP contribution in [0, 0.1) is 5.82 Å². The zero-order valence-electron chi connectivity index (χ0n) is 12.8. The first-order valence-corrected chi connectivity index (χ1v) is 7.54. The number of halogens is 1. The number of epoxide rings is 1. The minimum atomic E-state index is -0.204. The molecule has 0 saturated carbocycles. The Labute approximate surface area is 125 Å². The third-order valence-corrected chi connectivity index (χ3v) is 4.29. The van der Waals surface area contributed by atoms with Crippen molar-refractivity contribution in [2.45, 2.75) is 18.4 Å². The first-order chi connectivity index (χ1) is 10.1. The Morgan fingerprint density at radius 1 is 1.33 bits per heavy atom. The van der Waals surface area contributed by atoms with Gasteiger partial charge in [0.25, 0.3) is 0 Å². The van der Waals surface area contributed by atoms with Gasteiger partial charge in [0.1, 0.15) is 18.2 Å². The van der Waals surface area contributed by atoms with Crippen molar-refractivity contribution in [2.75, 3.05) is 51.8 Å². The molecule has 1 aromatic rings. The van der Waals surface area contributed by atoms with Gasteiger partial charge in [0.15, 0.2) is 0 Å². The number of likely N-dealkylation sites (N-methyl/N-ethyl adjacent to an activating group) is 1. The second kappa shape index (κ2) is 5.81. The van der Waals surface area contributed by atoms with Crippen LogP contribution in [0.5, 0.6) is 5.75 Å². The minimum absolute atomic E-state index is 0.127. The Morgan fingerprint density at radius 2 is 2.05 bits per heavy atom. The zero-order chi connectivity index (χ0) is 14.9. The summed E-state index contributed by atoms with van der Waals surface area (Å²) in [4.78, 5) is 4.14. The van der Waals surface area contributed by atoms with Crippen LogP contribution in [0.1, 0.15) is 12.8 Å². The molecular formula is C16H23FN2O2. The lowest BCUT2D eigenvalue weighted by atomic mass is 9.97. The molecule has 0 bridgehead atoms. The summed E-state index contributed by atoms with van der Waals surface area (Å²) < 4.78 is 25.3. The van der Waals surface area contributed by atoms with Crippen LogP contribution in [0.3, 0.4) is 0 Å². The van der Waals surface area contributed by atoms with Gasteiger partial charge in [-0.15, -0.1) is 0 Å². The van der Waals surface area contributed by atoms with Crippen LogP contribution < -0.4 is 9.64 Å². The molecule has 2 aliphatic heterocycles. The second-order valence-electron chi connectivity index (χ2n) is 6.22. The Bertz CT molecular complexity index is 493. The van der Waals surface area contributed by atoms with E-state index in [1.165, 1.54) is 6.07 Å². The predicted molar refractivity (Wildman–Crippen MR) is 80.6 cm³/mol. The molecule has 2 aliphatic rings. The molecule has 5 heteroatoms. The van der Waals surface area contributed by atoms with E-state index >= 15 is 0 Å². The largest absolute Gasteiger partial charge is 0.492 e. The maximum absolute atomic E-state index is 14.3. The Morgan fingerprint density at radius 3 is 2.62 bits per heavy atom. The van der Waals surface area contributed by atoms with Crippen molar-refractivity contribution >= 4 is 5.69 Å². The zero-order valence-corrected chi connectivity index (χ0v) is 12.8. The number of nitrogens with zero attached hydrogens (tertiary/aromatic N) is 2. The van der Waals surface area contributed by atoms with E-state index in [2.05, 4.69) is 4.90 Å². The van der Waals surface area contributed by atoms with Gasteiger partial charge < -0.3 is 19.3 Å². The smallest absolute Gasteiger partial charge is 0.150 e. The SMILES string of the molecule is CN(C)CCOc1ccc(N2CCC3(CC2)CO3)c(F)c1. The molecule has 2 heterocycles. The Hall–Kier alpha value is -1.33. The van der Waals surface area contributed by atoms with Crippen LogP contribution in [-0.2, 0) is 4.74 Å². The van der Waals surface area contributed by atoms with Gasteiger partial charge in [0, 0.05) is 25.7 Å². The van der Waals surface area contributed by atoms with Gasteiger partial charge >= 0.3 is 0 Å². The fourth-order valence-electron chi connectivity index (χ4n) is 2.73. The van der Waals surface area contributed by atoms with E-state index in [9.17, 15) is 4.39 Å². The monoisotopic (exact) mass is 294 g/mol. The van der Waals surface area contributed by atoms with Gasteiger partial charge in [-0.3, -0.25) is 0 Å². The van der Waals surface area contributed by atoms with Gasteiger partial charge in [-0.2, -0.15) is 0 Å². The Balaban J connectivity index is 1.59. The van der Waals surface area contributed by atoms with Crippen molar-refractivity contribution in [3.05, 3.63) is 24.0 Å². The summed E-state index contributed by atoms with van der Waals surface area (Å²) in [6, 6.07) is 5.17. The summed E-state index contributed by atoms with van der Waals surface area (Å²) in [6.07, 6.45) is 1.99. The van der Waals surface area contributed by atoms with Crippen molar-refractivity contribution in [1.82, 2.24) is 4.90 Å². The molecule has 2 fully saturated rings. The van der Waals surface area contributed by atoms with E-state index < -0.39 is 0 Å². The standard InChI is InChI=1S/C16H23FN2O2/c1-18(2)9-10-20-13-3-4-15(14(17)11-13)19-7-5-16(6-8-19)12-21-16/h3-4,11H,5-10,12H2,1-2H3. The highest BCUT2D eigenvalue weighted by Crippen LogP contribution is 2.39. The summed E-state index contributed by atoms with van der Waals surface area (Å²) in [6.45, 7) is 3.98. The highest BCUT2D eigenvalue weighted by Gasteiger charge is 2.46. The van der Waals surface area contributed by atoms with Gasteiger partial charge in [0.2, 0.25) is 0 Å². The molecule has 0 unspecified atom stereocenters. The molecule has 0 aromatic heterocycles. The van der Waals surface area contributed by atoms with E-state index in [1.54, 1.807) is 0 Å². The predicted octanol–water partition coefficient (Wildman–Crippen LogP) is 2.14. The van der Waals surface area contributed by atoms with Crippen molar-refractivity contribution < 1.29 is 13.9 Å². The first kappa shape index (κ1) is 14.6. The van der Waals surface area contributed by atoms with Crippen LogP contribution >= 0.6 is 0 Å². The third-order valence-electron chi connectivity index (χ3n) is 4.29. The van der Waals surface area contributed by atoms with Gasteiger partial charge in [0.05, 0.1) is 17.9 Å². The van der Waals surface area contributed by atoms with E-state index in [4.69, 9.17) is 9.47 Å². The average molecular weight is 294 g/mol. The maximum Gasteiger partial charge on any atom is 0.150 e. The summed E-state index contributed by atoms with van der Waals surface area (Å²) in [5.74, 6) is 0.391. The van der Waals surface area contributed by atoms with Gasteiger partial charge in [-0.25, -0.2) is 4.39 Å². The van der Waals surface area contributed by atoms with Gasteiger partial charge in [-0.05, 0) is 39.1 Å². The number of rotatable bonds is 5. The molecule has 0 amide bonds. The van der Waals surface area contributed by atoms with E-state index in [-0.39, 0.29) is 11.4 Å². The lowest BCUT2D eigenvalue weighted by molar-refractivity contribution is 0.257. The highest BCUT2D eigenvalue weighted by atomic mass is 19.1. The number of anilines is 1. The van der Waals surface area contributed by atoms with E-state index in [1.807, 2.05) is 31.1 Å². The summed E-state index contributed by atoms with van der Waals surface area (Å²) in [5, 5.41) is 0.